The van der Waals surface area contributed by atoms with Crippen LogP contribution in [0.2, 0.25) is 0 Å². The molecule has 4 nitrogen and oxygen atoms in total. The van der Waals surface area contributed by atoms with E-state index in [1.165, 1.54) is 16.1 Å². The molecule has 0 aliphatic carbocycles. The summed E-state index contributed by atoms with van der Waals surface area (Å²) < 4.78 is 40.3. The zero-order valence-corrected chi connectivity index (χ0v) is 15.0. The minimum Gasteiger partial charge on any atom is -0.384 e. The number of benzene rings is 1. The Morgan fingerprint density at radius 2 is 1.96 bits per heavy atom. The number of rotatable bonds is 3. The summed E-state index contributed by atoms with van der Waals surface area (Å²) in [5.74, 6) is 0. The first-order chi connectivity index (χ1) is 12.0. The zero-order chi connectivity index (χ0) is 17.4. The zero-order valence-electron chi connectivity index (χ0n) is 13.3. The van der Waals surface area contributed by atoms with E-state index in [-0.39, 0.29) is 0 Å². The van der Waals surface area contributed by atoms with E-state index in [1.54, 1.807) is 11.9 Å². The minimum absolute atomic E-state index is 0.459. The monoisotopic (exact) mass is 386 g/mol. The number of hydrogen-bond donors (Lipinski definition) is 1. The summed E-state index contributed by atoms with van der Waals surface area (Å²) in [5.41, 5.74) is 1.78. The fourth-order valence-corrected chi connectivity index (χ4v) is 4.85. The summed E-state index contributed by atoms with van der Waals surface area (Å²) in [6.45, 7) is 3.95. The molecule has 1 fully saturated rings. The lowest BCUT2D eigenvalue weighted by molar-refractivity contribution is -0.140. The van der Waals surface area contributed by atoms with Crippen molar-refractivity contribution in [1.82, 2.24) is 9.29 Å². The van der Waals surface area contributed by atoms with Crippen molar-refractivity contribution in [1.29, 1.82) is 0 Å². The largest absolute Gasteiger partial charge is 0.434 e. The lowest BCUT2D eigenvalue weighted by atomic mass is 10.2. The third kappa shape index (κ3) is 3.73. The van der Waals surface area contributed by atoms with Gasteiger partial charge in [-0.1, -0.05) is 0 Å². The second-order valence-corrected chi connectivity index (χ2v) is 8.02. The number of alkyl halides is 3. The molecule has 1 aromatic carbocycles. The number of thiazole rings is 1. The normalized spacial score (nSPS) is 18.3. The fraction of sp³-hybridized carbons (Fsp3) is 0.438. The van der Waals surface area contributed by atoms with Crippen LogP contribution in [0.15, 0.2) is 28.5 Å². The smallest absolute Gasteiger partial charge is 0.384 e. The van der Waals surface area contributed by atoms with Gasteiger partial charge in [0, 0.05) is 48.7 Å². The molecule has 3 heterocycles. The number of nitrogens with one attached hydrogen (secondary N) is 1. The maximum Gasteiger partial charge on any atom is 0.434 e. The number of nitrogens with zero attached hydrogens (tertiary/aromatic N) is 3. The van der Waals surface area contributed by atoms with Crippen molar-refractivity contribution in [2.75, 3.05) is 42.9 Å². The van der Waals surface area contributed by atoms with Gasteiger partial charge >= 0.3 is 6.18 Å². The Balaban J connectivity index is 1.34. The Morgan fingerprint density at radius 1 is 1.16 bits per heavy atom. The van der Waals surface area contributed by atoms with Crippen molar-refractivity contribution >= 4 is 34.1 Å². The van der Waals surface area contributed by atoms with E-state index in [0.29, 0.717) is 18.2 Å². The molecule has 2 aliphatic heterocycles. The highest BCUT2D eigenvalue weighted by atomic mass is 32.2. The molecule has 0 saturated carbocycles. The van der Waals surface area contributed by atoms with Gasteiger partial charge in [0.05, 0.1) is 0 Å². The highest BCUT2D eigenvalue weighted by Gasteiger charge is 2.34. The molecule has 0 bridgehead atoms. The Hall–Kier alpha value is -1.45. The Labute approximate surface area is 152 Å². The Bertz CT molecular complexity index is 754. The second kappa shape index (κ2) is 6.69. The molecule has 25 heavy (non-hydrogen) atoms. The van der Waals surface area contributed by atoms with Gasteiger partial charge in [-0.05, 0) is 42.1 Å². The van der Waals surface area contributed by atoms with Crippen LogP contribution >= 0.6 is 23.3 Å². The molecule has 2 aliphatic rings. The first kappa shape index (κ1) is 17.0. The van der Waals surface area contributed by atoms with Crippen molar-refractivity contribution in [2.45, 2.75) is 17.5 Å². The molecule has 1 aromatic heterocycles. The van der Waals surface area contributed by atoms with Gasteiger partial charge in [-0.15, -0.1) is 11.3 Å². The number of halogens is 3. The van der Waals surface area contributed by atoms with Gasteiger partial charge in [0.2, 0.25) is 0 Å². The SMILES string of the molecule is FC(F)(F)c1csc(N2CCN(Sc3ccc4c(c3)CCN4)CC2)n1. The first-order valence-corrected chi connectivity index (χ1v) is 9.72. The number of fused-ring (bicyclic) bond motifs is 1. The van der Waals surface area contributed by atoms with Crippen LogP contribution in [-0.4, -0.2) is 42.0 Å². The van der Waals surface area contributed by atoms with Gasteiger partial charge in [0.25, 0.3) is 0 Å². The van der Waals surface area contributed by atoms with Crippen LogP contribution in [0.5, 0.6) is 0 Å². The highest BCUT2D eigenvalue weighted by molar-refractivity contribution is 7.97. The standard InChI is InChI=1S/C16H17F3N4S2/c17-16(18,19)14-10-24-15(21-14)22-5-7-23(8-6-22)25-12-1-2-13-11(9-12)3-4-20-13/h1-2,9-10,20H,3-8H2. The average Bonchev–Trinajstić information content (AvgIpc) is 3.24. The van der Waals surface area contributed by atoms with Gasteiger partial charge in [0.15, 0.2) is 10.8 Å². The summed E-state index contributed by atoms with van der Waals surface area (Å²) >= 11 is 2.78. The molecule has 1 saturated heterocycles. The lowest BCUT2D eigenvalue weighted by Crippen LogP contribution is -2.43. The van der Waals surface area contributed by atoms with E-state index in [0.717, 1.165) is 42.8 Å². The van der Waals surface area contributed by atoms with Gasteiger partial charge in [0.1, 0.15) is 0 Å². The van der Waals surface area contributed by atoms with Crippen LogP contribution in [0.1, 0.15) is 11.3 Å². The van der Waals surface area contributed by atoms with Crippen LogP contribution < -0.4 is 10.2 Å². The molecule has 1 N–H and O–H groups in total. The number of anilines is 2. The van der Waals surface area contributed by atoms with Crippen LogP contribution in [0.4, 0.5) is 24.0 Å². The Morgan fingerprint density at radius 3 is 2.68 bits per heavy atom. The van der Waals surface area contributed by atoms with Crippen molar-refractivity contribution < 1.29 is 13.2 Å². The minimum atomic E-state index is -4.37. The van der Waals surface area contributed by atoms with Crippen molar-refractivity contribution in [2.24, 2.45) is 0 Å². The van der Waals surface area contributed by atoms with E-state index >= 15 is 0 Å². The summed E-state index contributed by atoms with van der Waals surface area (Å²) in [4.78, 5) is 6.89. The van der Waals surface area contributed by atoms with Crippen LogP contribution in [0.25, 0.3) is 0 Å². The predicted octanol–water partition coefficient (Wildman–Crippen LogP) is 3.96. The molecule has 0 atom stereocenters. The maximum absolute atomic E-state index is 12.7. The van der Waals surface area contributed by atoms with E-state index < -0.39 is 11.9 Å². The van der Waals surface area contributed by atoms with Crippen molar-refractivity contribution in [3.63, 3.8) is 0 Å². The van der Waals surface area contributed by atoms with Gasteiger partial charge < -0.3 is 10.2 Å². The molecule has 134 valence electrons. The van der Waals surface area contributed by atoms with Crippen LogP contribution in [-0.2, 0) is 12.6 Å². The number of piperazine rings is 1. The van der Waals surface area contributed by atoms with Gasteiger partial charge in [-0.3, -0.25) is 0 Å². The highest BCUT2D eigenvalue weighted by Crippen LogP contribution is 2.34. The topological polar surface area (TPSA) is 31.4 Å². The van der Waals surface area contributed by atoms with Crippen molar-refractivity contribution in [3.8, 4) is 0 Å². The first-order valence-electron chi connectivity index (χ1n) is 8.06. The van der Waals surface area contributed by atoms with Gasteiger partial charge in [-0.25, -0.2) is 9.29 Å². The Kier molecular flexibility index (Phi) is 4.55. The lowest BCUT2D eigenvalue weighted by Gasteiger charge is -2.33. The summed E-state index contributed by atoms with van der Waals surface area (Å²) in [7, 11) is 0. The molecular weight excluding hydrogens is 369 g/mol. The molecule has 0 unspecified atom stereocenters. The summed E-state index contributed by atoms with van der Waals surface area (Å²) in [6.07, 6.45) is -3.31. The molecule has 2 aromatic rings. The van der Waals surface area contributed by atoms with Gasteiger partial charge in [-0.2, -0.15) is 13.2 Å². The predicted molar refractivity (Wildman–Crippen MR) is 95.4 cm³/mol. The van der Waals surface area contributed by atoms with E-state index in [1.807, 2.05) is 4.90 Å². The second-order valence-electron chi connectivity index (χ2n) is 6.02. The van der Waals surface area contributed by atoms with E-state index in [4.69, 9.17) is 0 Å². The summed E-state index contributed by atoms with van der Waals surface area (Å²) in [5, 5.41) is 4.90. The van der Waals surface area contributed by atoms with Crippen LogP contribution in [0.3, 0.4) is 0 Å². The molecular formula is C16H17F3N4S2. The third-order valence-corrected chi connectivity index (χ3v) is 6.30. The maximum atomic E-state index is 12.7. The summed E-state index contributed by atoms with van der Waals surface area (Å²) in [6, 6.07) is 6.46. The van der Waals surface area contributed by atoms with E-state index in [9.17, 15) is 13.2 Å². The van der Waals surface area contributed by atoms with Crippen molar-refractivity contribution in [3.05, 3.63) is 34.8 Å². The molecule has 0 amide bonds. The molecule has 0 spiro atoms. The average molecular weight is 386 g/mol. The molecule has 9 heteroatoms. The molecule has 4 rings (SSSR count). The van der Waals surface area contributed by atoms with Crippen LogP contribution in [0, 0.1) is 0 Å². The number of hydrogen-bond acceptors (Lipinski definition) is 6. The van der Waals surface area contributed by atoms with E-state index in [2.05, 4.69) is 32.8 Å². The number of aromatic nitrogens is 1. The quantitative estimate of drug-likeness (QED) is 0.807. The fourth-order valence-electron chi connectivity index (χ4n) is 3.00. The third-order valence-electron chi connectivity index (χ3n) is 4.31. The molecule has 0 radical (unpaired) electrons.